The molecule has 6 nitrogen and oxygen atoms in total. The van der Waals surface area contributed by atoms with E-state index in [2.05, 4.69) is 15.3 Å². The second-order valence-corrected chi connectivity index (χ2v) is 4.15. The van der Waals surface area contributed by atoms with E-state index in [1.807, 2.05) is 25.1 Å². The molecule has 6 heteroatoms. The summed E-state index contributed by atoms with van der Waals surface area (Å²) in [5.74, 6) is -0.171. The number of carbonyl (C=O) groups excluding carboxylic acids is 1. The largest absolute Gasteiger partial charge is 0.397 e. The Bertz CT molecular complexity index is 585. The molecule has 0 aliphatic rings. The highest BCUT2D eigenvalue weighted by Gasteiger charge is 2.14. The van der Waals surface area contributed by atoms with Crippen molar-refractivity contribution in [3.05, 3.63) is 47.9 Å². The summed E-state index contributed by atoms with van der Waals surface area (Å²) >= 11 is 0. The summed E-state index contributed by atoms with van der Waals surface area (Å²) in [6, 6.07) is 7.02. The number of nitrogen functional groups attached to an aromatic ring is 1. The van der Waals surface area contributed by atoms with Crippen LogP contribution in [0.1, 0.15) is 29.0 Å². The van der Waals surface area contributed by atoms with Gasteiger partial charge in [-0.3, -0.25) is 9.78 Å². The smallest absolute Gasteiger partial charge is 0.252 e. The molecular weight excluding hydrogens is 242 g/mol. The van der Waals surface area contributed by atoms with Gasteiger partial charge in [-0.1, -0.05) is 6.07 Å². The summed E-state index contributed by atoms with van der Waals surface area (Å²) in [5, 5.41) is 3.11. The minimum atomic E-state index is -0.574. The number of aromatic nitrogens is 2. The molecule has 2 aromatic rings. The fourth-order valence-corrected chi connectivity index (χ4v) is 1.69. The van der Waals surface area contributed by atoms with Crippen LogP contribution in [0.25, 0.3) is 0 Å². The number of rotatable bonds is 4. The molecule has 0 saturated heterocycles. The van der Waals surface area contributed by atoms with Crippen LogP contribution in [0.2, 0.25) is 0 Å². The predicted octanol–water partition coefficient (Wildman–Crippen LogP) is 1.33. The molecule has 0 aromatic carbocycles. The lowest BCUT2D eigenvalue weighted by molar-refractivity contribution is 0.100. The highest BCUT2D eigenvalue weighted by atomic mass is 16.1. The van der Waals surface area contributed by atoms with E-state index in [0.29, 0.717) is 11.5 Å². The molecule has 5 N–H and O–H groups in total. The molecule has 0 spiro atoms. The van der Waals surface area contributed by atoms with E-state index in [4.69, 9.17) is 11.5 Å². The number of carbonyl (C=O) groups is 1. The zero-order valence-electron chi connectivity index (χ0n) is 10.5. The minimum Gasteiger partial charge on any atom is -0.397 e. The van der Waals surface area contributed by atoms with Crippen LogP contribution in [0, 0.1) is 0 Å². The number of primary amides is 1. The lowest BCUT2D eigenvalue weighted by atomic mass is 10.2. The van der Waals surface area contributed by atoms with E-state index >= 15 is 0 Å². The topological polar surface area (TPSA) is 107 Å². The fraction of sp³-hybridized carbons (Fsp3) is 0.154. The number of pyridine rings is 2. The summed E-state index contributed by atoms with van der Waals surface area (Å²) in [6.07, 6.45) is 3.18. The van der Waals surface area contributed by atoms with E-state index in [1.165, 1.54) is 12.3 Å². The Balaban J connectivity index is 2.26. The van der Waals surface area contributed by atoms with Crippen molar-refractivity contribution in [3.63, 3.8) is 0 Å². The average molecular weight is 257 g/mol. The third kappa shape index (κ3) is 2.98. The maximum Gasteiger partial charge on any atom is 0.252 e. The summed E-state index contributed by atoms with van der Waals surface area (Å²) in [4.78, 5) is 19.7. The molecule has 0 fully saturated rings. The number of hydrogen-bond donors (Lipinski definition) is 3. The Morgan fingerprint density at radius 1 is 1.37 bits per heavy atom. The van der Waals surface area contributed by atoms with Gasteiger partial charge in [0.2, 0.25) is 0 Å². The van der Waals surface area contributed by atoms with Gasteiger partial charge >= 0.3 is 0 Å². The number of hydrogen-bond acceptors (Lipinski definition) is 5. The molecule has 19 heavy (non-hydrogen) atoms. The Kier molecular flexibility index (Phi) is 3.61. The van der Waals surface area contributed by atoms with E-state index in [1.54, 1.807) is 6.20 Å². The van der Waals surface area contributed by atoms with Gasteiger partial charge in [-0.25, -0.2) is 4.98 Å². The van der Waals surface area contributed by atoms with Crippen molar-refractivity contribution in [2.45, 2.75) is 13.0 Å². The fourth-order valence-electron chi connectivity index (χ4n) is 1.69. The summed E-state index contributed by atoms with van der Waals surface area (Å²) < 4.78 is 0. The second-order valence-electron chi connectivity index (χ2n) is 4.15. The highest BCUT2D eigenvalue weighted by molar-refractivity contribution is 5.98. The number of amides is 1. The van der Waals surface area contributed by atoms with Gasteiger partial charge in [-0.05, 0) is 25.1 Å². The van der Waals surface area contributed by atoms with Gasteiger partial charge in [-0.2, -0.15) is 0 Å². The van der Waals surface area contributed by atoms with Crippen LogP contribution < -0.4 is 16.8 Å². The first-order chi connectivity index (χ1) is 9.08. The Morgan fingerprint density at radius 3 is 2.79 bits per heavy atom. The molecule has 2 rings (SSSR count). The van der Waals surface area contributed by atoms with Gasteiger partial charge in [0.05, 0.1) is 29.2 Å². The van der Waals surface area contributed by atoms with Gasteiger partial charge in [-0.15, -0.1) is 0 Å². The summed E-state index contributed by atoms with van der Waals surface area (Å²) in [6.45, 7) is 1.92. The van der Waals surface area contributed by atoms with Crippen LogP contribution in [0.4, 0.5) is 11.5 Å². The molecule has 0 radical (unpaired) electrons. The van der Waals surface area contributed by atoms with Crippen molar-refractivity contribution < 1.29 is 4.79 Å². The van der Waals surface area contributed by atoms with Gasteiger partial charge in [0.1, 0.15) is 5.82 Å². The highest BCUT2D eigenvalue weighted by Crippen LogP contribution is 2.20. The quantitative estimate of drug-likeness (QED) is 0.766. The molecule has 1 unspecified atom stereocenters. The van der Waals surface area contributed by atoms with Crippen molar-refractivity contribution >= 4 is 17.4 Å². The first-order valence-electron chi connectivity index (χ1n) is 5.80. The molecule has 0 bridgehead atoms. The second kappa shape index (κ2) is 5.34. The number of nitrogens with zero attached hydrogens (tertiary/aromatic N) is 2. The monoisotopic (exact) mass is 257 g/mol. The average Bonchev–Trinajstić information content (AvgIpc) is 2.41. The third-order valence-electron chi connectivity index (χ3n) is 2.66. The normalized spacial score (nSPS) is 11.8. The van der Waals surface area contributed by atoms with Gasteiger partial charge in [0.25, 0.3) is 5.91 Å². The van der Waals surface area contributed by atoms with Gasteiger partial charge < -0.3 is 16.8 Å². The van der Waals surface area contributed by atoms with E-state index in [-0.39, 0.29) is 11.6 Å². The molecule has 0 aliphatic heterocycles. The first-order valence-corrected chi connectivity index (χ1v) is 5.80. The predicted molar refractivity (Wildman–Crippen MR) is 73.4 cm³/mol. The molecule has 98 valence electrons. The molecule has 2 aromatic heterocycles. The van der Waals surface area contributed by atoms with E-state index < -0.39 is 5.91 Å². The first kappa shape index (κ1) is 12.8. The third-order valence-corrected chi connectivity index (χ3v) is 2.66. The number of nitrogens with two attached hydrogens (primary N) is 2. The zero-order chi connectivity index (χ0) is 13.8. The van der Waals surface area contributed by atoms with Gasteiger partial charge in [0.15, 0.2) is 0 Å². The molecule has 1 atom stereocenters. The van der Waals surface area contributed by atoms with Crippen molar-refractivity contribution in [1.82, 2.24) is 9.97 Å². The van der Waals surface area contributed by atoms with Crippen LogP contribution >= 0.6 is 0 Å². The molecule has 2 heterocycles. The van der Waals surface area contributed by atoms with Crippen LogP contribution in [-0.2, 0) is 0 Å². The lowest BCUT2D eigenvalue weighted by Gasteiger charge is -2.15. The standard InChI is InChI=1S/C13H15N5O/c1-8(11-4-2-3-5-16-11)18-13-10(12(15)19)6-9(14)7-17-13/h2-8H,14H2,1H3,(H2,15,19)(H,17,18). The van der Waals surface area contributed by atoms with Crippen LogP contribution in [-0.4, -0.2) is 15.9 Å². The number of nitrogens with one attached hydrogen (secondary N) is 1. The van der Waals surface area contributed by atoms with Crippen LogP contribution in [0.5, 0.6) is 0 Å². The molecule has 0 aliphatic carbocycles. The molecular formula is C13H15N5O. The Labute approximate surface area is 110 Å². The Hall–Kier alpha value is -2.63. The van der Waals surface area contributed by atoms with Crippen LogP contribution in [0.3, 0.4) is 0 Å². The van der Waals surface area contributed by atoms with Crippen molar-refractivity contribution in [2.75, 3.05) is 11.1 Å². The van der Waals surface area contributed by atoms with E-state index in [0.717, 1.165) is 5.69 Å². The minimum absolute atomic E-state index is 0.101. The lowest BCUT2D eigenvalue weighted by Crippen LogP contribution is -2.18. The number of anilines is 2. The van der Waals surface area contributed by atoms with Crippen molar-refractivity contribution in [2.24, 2.45) is 5.73 Å². The summed E-state index contributed by atoms with van der Waals surface area (Å²) in [5.41, 5.74) is 12.4. The SMILES string of the molecule is CC(Nc1ncc(N)cc1C(N)=O)c1ccccn1. The zero-order valence-corrected chi connectivity index (χ0v) is 10.5. The van der Waals surface area contributed by atoms with E-state index in [9.17, 15) is 4.79 Å². The van der Waals surface area contributed by atoms with Gasteiger partial charge in [0, 0.05) is 6.20 Å². The maximum absolute atomic E-state index is 11.4. The molecule has 0 saturated carbocycles. The Morgan fingerprint density at radius 2 is 2.16 bits per heavy atom. The summed E-state index contributed by atoms with van der Waals surface area (Å²) in [7, 11) is 0. The van der Waals surface area contributed by atoms with Crippen molar-refractivity contribution in [3.8, 4) is 0 Å². The molecule has 1 amide bonds. The maximum atomic E-state index is 11.4. The van der Waals surface area contributed by atoms with Crippen molar-refractivity contribution in [1.29, 1.82) is 0 Å². The van der Waals surface area contributed by atoms with Crippen LogP contribution in [0.15, 0.2) is 36.7 Å².